The molecule has 112 valence electrons. The van der Waals surface area contributed by atoms with Gasteiger partial charge in [-0.05, 0) is 46.1 Å². The molecule has 1 atom stereocenters. The van der Waals surface area contributed by atoms with Crippen LogP contribution < -0.4 is 5.32 Å². The molecule has 0 aliphatic heterocycles. The highest BCUT2D eigenvalue weighted by atomic mass is 79.9. The van der Waals surface area contributed by atoms with Crippen LogP contribution in [-0.2, 0) is 0 Å². The normalized spacial score (nSPS) is 12.2. The van der Waals surface area contributed by atoms with Crippen molar-refractivity contribution in [3.8, 4) is 0 Å². The van der Waals surface area contributed by atoms with Crippen LogP contribution in [0.1, 0.15) is 31.4 Å². The smallest absolute Gasteiger partial charge is 0.150 e. The summed E-state index contributed by atoms with van der Waals surface area (Å²) in [7, 11) is 0. The summed E-state index contributed by atoms with van der Waals surface area (Å²) in [6, 6.07) is 9.47. The maximum Gasteiger partial charge on any atom is 0.150 e. The third-order valence-corrected chi connectivity index (χ3v) is 4.05. The zero-order valence-electron chi connectivity index (χ0n) is 11.5. The first-order valence-corrected chi connectivity index (χ1v) is 7.85. The van der Waals surface area contributed by atoms with Crippen molar-refractivity contribution in [3.05, 3.63) is 63.1 Å². The fourth-order valence-corrected chi connectivity index (χ4v) is 2.81. The number of hydrogen-bond donors (Lipinski definition) is 1. The number of nitrogens with one attached hydrogen (secondary N) is 1. The molecule has 0 aliphatic rings. The van der Waals surface area contributed by atoms with Crippen LogP contribution in [0.3, 0.4) is 0 Å². The van der Waals surface area contributed by atoms with Crippen LogP contribution in [0.15, 0.2) is 40.9 Å². The molecular weight excluding hydrogens is 360 g/mol. The third kappa shape index (κ3) is 4.17. The first kappa shape index (κ1) is 16.2. The lowest BCUT2D eigenvalue weighted by molar-refractivity contribution is 0.579. The van der Waals surface area contributed by atoms with Gasteiger partial charge in [0.05, 0.1) is 11.7 Å². The summed E-state index contributed by atoms with van der Waals surface area (Å²) < 4.78 is 27.5. The molecule has 0 aromatic heterocycles. The van der Waals surface area contributed by atoms with Crippen LogP contribution in [-0.4, -0.2) is 0 Å². The highest BCUT2D eigenvalue weighted by Crippen LogP contribution is 2.32. The summed E-state index contributed by atoms with van der Waals surface area (Å²) in [5, 5.41) is 3.80. The molecule has 0 fully saturated rings. The van der Waals surface area contributed by atoms with E-state index >= 15 is 0 Å². The molecule has 0 bridgehead atoms. The minimum atomic E-state index is -0.614. The van der Waals surface area contributed by atoms with Crippen LogP contribution in [0, 0.1) is 11.6 Å². The lowest BCUT2D eigenvalue weighted by atomic mass is 10.0. The molecule has 0 amide bonds. The summed E-state index contributed by atoms with van der Waals surface area (Å²) in [6.07, 6.45) is 1.76. The Morgan fingerprint density at radius 1 is 1.19 bits per heavy atom. The van der Waals surface area contributed by atoms with Crippen LogP contribution in [0.2, 0.25) is 5.02 Å². The molecular formula is C16H15BrClF2N. The standard InChI is InChI=1S/C16H15BrClF2N/c1-2-3-15(10-4-6-11(18)7-5-10)21-16-13(17)8-12(19)9-14(16)20/h4-9,15,21H,2-3H2,1H3. The largest absolute Gasteiger partial charge is 0.375 e. The van der Waals surface area contributed by atoms with Crippen molar-refractivity contribution in [2.75, 3.05) is 5.32 Å². The van der Waals surface area contributed by atoms with E-state index in [-0.39, 0.29) is 11.7 Å². The van der Waals surface area contributed by atoms with Crippen LogP contribution >= 0.6 is 27.5 Å². The van der Waals surface area contributed by atoms with E-state index in [1.165, 1.54) is 6.07 Å². The van der Waals surface area contributed by atoms with Crippen molar-refractivity contribution < 1.29 is 8.78 Å². The Labute approximate surface area is 136 Å². The van der Waals surface area contributed by atoms with Crippen molar-refractivity contribution in [3.63, 3.8) is 0 Å². The first-order valence-electron chi connectivity index (χ1n) is 6.67. The summed E-state index contributed by atoms with van der Waals surface area (Å²) >= 11 is 9.09. The zero-order chi connectivity index (χ0) is 15.4. The summed E-state index contributed by atoms with van der Waals surface area (Å²) in [4.78, 5) is 0. The van der Waals surface area contributed by atoms with Gasteiger partial charge in [0.1, 0.15) is 11.6 Å². The molecule has 5 heteroatoms. The van der Waals surface area contributed by atoms with Gasteiger partial charge in [0.2, 0.25) is 0 Å². The SMILES string of the molecule is CCCC(Nc1c(F)cc(F)cc1Br)c1ccc(Cl)cc1. The topological polar surface area (TPSA) is 12.0 Å². The van der Waals surface area contributed by atoms with Crippen LogP contribution in [0.25, 0.3) is 0 Å². The second-order valence-electron chi connectivity index (χ2n) is 4.78. The third-order valence-electron chi connectivity index (χ3n) is 3.18. The Kier molecular flexibility index (Phi) is 5.59. The quantitative estimate of drug-likeness (QED) is 0.644. The fourth-order valence-electron chi connectivity index (χ4n) is 2.16. The van der Waals surface area contributed by atoms with E-state index in [0.717, 1.165) is 24.5 Å². The predicted octanol–water partition coefficient (Wildman–Crippen LogP) is 6.33. The average molecular weight is 375 g/mol. The minimum absolute atomic E-state index is 0.0662. The number of rotatable bonds is 5. The van der Waals surface area contributed by atoms with Crippen molar-refractivity contribution in [2.24, 2.45) is 0 Å². The molecule has 1 unspecified atom stereocenters. The monoisotopic (exact) mass is 373 g/mol. The van der Waals surface area contributed by atoms with Gasteiger partial charge < -0.3 is 5.32 Å². The van der Waals surface area contributed by atoms with E-state index in [4.69, 9.17) is 11.6 Å². The van der Waals surface area contributed by atoms with Gasteiger partial charge in [-0.2, -0.15) is 0 Å². The van der Waals surface area contributed by atoms with E-state index in [0.29, 0.717) is 9.50 Å². The molecule has 0 saturated heterocycles. The maximum absolute atomic E-state index is 13.9. The molecule has 2 rings (SSSR count). The Bertz CT molecular complexity index is 593. The van der Waals surface area contributed by atoms with Crippen molar-refractivity contribution in [1.82, 2.24) is 0 Å². The molecule has 21 heavy (non-hydrogen) atoms. The van der Waals surface area contributed by atoms with Gasteiger partial charge in [-0.25, -0.2) is 8.78 Å². The van der Waals surface area contributed by atoms with Gasteiger partial charge >= 0.3 is 0 Å². The molecule has 0 spiro atoms. The predicted molar refractivity (Wildman–Crippen MR) is 86.8 cm³/mol. The van der Waals surface area contributed by atoms with Crippen molar-refractivity contribution >= 4 is 33.2 Å². The first-order chi connectivity index (χ1) is 10.0. The Morgan fingerprint density at radius 3 is 2.43 bits per heavy atom. The minimum Gasteiger partial charge on any atom is -0.375 e. The van der Waals surface area contributed by atoms with Gasteiger partial charge in [0, 0.05) is 15.6 Å². The summed E-state index contributed by atoms with van der Waals surface area (Å²) in [5.74, 6) is -1.22. The van der Waals surface area contributed by atoms with E-state index in [9.17, 15) is 8.78 Å². The number of hydrogen-bond acceptors (Lipinski definition) is 1. The summed E-state index contributed by atoms with van der Waals surface area (Å²) in [6.45, 7) is 2.06. The fraction of sp³-hybridized carbons (Fsp3) is 0.250. The number of anilines is 1. The van der Waals surface area contributed by atoms with Crippen molar-refractivity contribution in [1.29, 1.82) is 0 Å². The Hall–Kier alpha value is -1.13. The molecule has 2 aromatic rings. The molecule has 1 N–H and O–H groups in total. The van der Waals surface area contributed by atoms with Crippen molar-refractivity contribution in [2.45, 2.75) is 25.8 Å². The highest BCUT2D eigenvalue weighted by Gasteiger charge is 2.16. The van der Waals surface area contributed by atoms with E-state index in [2.05, 4.69) is 28.2 Å². The molecule has 1 nitrogen and oxygen atoms in total. The molecule has 0 heterocycles. The molecule has 0 saturated carbocycles. The lowest BCUT2D eigenvalue weighted by Gasteiger charge is -2.21. The van der Waals surface area contributed by atoms with E-state index < -0.39 is 11.6 Å². The van der Waals surface area contributed by atoms with Gasteiger partial charge in [0.15, 0.2) is 0 Å². The summed E-state index contributed by atoms with van der Waals surface area (Å²) in [5.41, 5.74) is 1.28. The lowest BCUT2D eigenvalue weighted by Crippen LogP contribution is -2.12. The van der Waals surface area contributed by atoms with Crippen LogP contribution in [0.5, 0.6) is 0 Å². The highest BCUT2D eigenvalue weighted by molar-refractivity contribution is 9.10. The average Bonchev–Trinajstić information content (AvgIpc) is 2.42. The Morgan fingerprint density at radius 2 is 1.86 bits per heavy atom. The molecule has 0 radical (unpaired) electrons. The Balaban J connectivity index is 2.30. The second kappa shape index (κ2) is 7.23. The van der Waals surface area contributed by atoms with E-state index in [1.807, 2.05) is 12.1 Å². The van der Waals surface area contributed by atoms with Gasteiger partial charge in [-0.15, -0.1) is 0 Å². The van der Waals surface area contributed by atoms with Gasteiger partial charge in [0.25, 0.3) is 0 Å². The zero-order valence-corrected chi connectivity index (χ0v) is 13.8. The van der Waals surface area contributed by atoms with Crippen LogP contribution in [0.4, 0.5) is 14.5 Å². The van der Waals surface area contributed by atoms with Gasteiger partial charge in [-0.3, -0.25) is 0 Å². The van der Waals surface area contributed by atoms with E-state index in [1.54, 1.807) is 12.1 Å². The molecule has 0 aliphatic carbocycles. The molecule has 2 aromatic carbocycles. The second-order valence-corrected chi connectivity index (χ2v) is 6.07. The number of benzene rings is 2. The maximum atomic E-state index is 13.9. The van der Waals surface area contributed by atoms with Gasteiger partial charge in [-0.1, -0.05) is 37.1 Å². The number of halogens is 4.